The Bertz CT molecular complexity index is 987. The molecule has 0 bridgehead atoms. The number of hydrogen-bond acceptors (Lipinski definition) is 6. The summed E-state index contributed by atoms with van der Waals surface area (Å²) in [6, 6.07) is 13.0. The number of benzene rings is 2. The summed E-state index contributed by atoms with van der Waals surface area (Å²) in [5.74, 6) is 1.98. The van der Waals surface area contributed by atoms with Gasteiger partial charge in [-0.15, -0.1) is 0 Å². The molecule has 1 atom stereocenters. The van der Waals surface area contributed by atoms with E-state index in [0.29, 0.717) is 17.2 Å². The van der Waals surface area contributed by atoms with Gasteiger partial charge >= 0.3 is 0 Å². The third-order valence-corrected chi connectivity index (χ3v) is 5.33. The Kier molecular flexibility index (Phi) is 5.12. The van der Waals surface area contributed by atoms with Gasteiger partial charge in [-0.2, -0.15) is 0 Å². The highest BCUT2D eigenvalue weighted by Crippen LogP contribution is 2.34. The summed E-state index contributed by atoms with van der Waals surface area (Å²) < 4.78 is 17.8. The number of nitrogens with zero attached hydrogens (tertiary/aromatic N) is 2. The van der Waals surface area contributed by atoms with Gasteiger partial charge in [0.2, 0.25) is 12.7 Å². The first-order valence-electron chi connectivity index (χ1n) is 8.69. The number of ether oxygens (including phenoxy) is 3. The molecule has 4 rings (SSSR count). The molecular formula is C20H19N3O4S. The molecular weight excluding hydrogens is 378 g/mol. The predicted octanol–water partition coefficient (Wildman–Crippen LogP) is 3.73. The maximum absolute atomic E-state index is 12.6. The first-order chi connectivity index (χ1) is 13.6. The van der Waals surface area contributed by atoms with Crippen LogP contribution < -0.4 is 19.5 Å². The number of aromatic nitrogens is 2. The number of carbonyl (C=O) groups excluding carboxylic acids is 1. The number of imidazole rings is 1. The summed E-state index contributed by atoms with van der Waals surface area (Å²) in [4.78, 5) is 17.0. The fourth-order valence-electron chi connectivity index (χ4n) is 2.75. The zero-order valence-electron chi connectivity index (χ0n) is 15.4. The van der Waals surface area contributed by atoms with Gasteiger partial charge in [0.1, 0.15) is 5.75 Å². The van der Waals surface area contributed by atoms with E-state index in [2.05, 4.69) is 10.3 Å². The highest BCUT2D eigenvalue weighted by Gasteiger charge is 2.19. The number of methoxy groups -OCH3 is 1. The zero-order valence-corrected chi connectivity index (χ0v) is 16.2. The third-order valence-electron chi connectivity index (χ3n) is 4.25. The van der Waals surface area contributed by atoms with E-state index in [1.807, 2.05) is 42.0 Å². The number of amides is 1. The van der Waals surface area contributed by atoms with Gasteiger partial charge in [0.05, 0.1) is 12.4 Å². The van der Waals surface area contributed by atoms with E-state index in [1.54, 1.807) is 31.5 Å². The van der Waals surface area contributed by atoms with Crippen molar-refractivity contribution in [2.75, 3.05) is 19.2 Å². The molecule has 0 spiro atoms. The molecule has 8 heteroatoms. The summed E-state index contributed by atoms with van der Waals surface area (Å²) in [7, 11) is 1.63. The van der Waals surface area contributed by atoms with Gasteiger partial charge in [0, 0.05) is 29.8 Å². The van der Waals surface area contributed by atoms with Crippen LogP contribution >= 0.6 is 11.8 Å². The Hall–Kier alpha value is -3.13. The molecule has 0 saturated carbocycles. The topological polar surface area (TPSA) is 74.6 Å². The van der Waals surface area contributed by atoms with Crippen molar-refractivity contribution in [1.82, 2.24) is 9.55 Å². The van der Waals surface area contributed by atoms with Crippen LogP contribution in [0.25, 0.3) is 5.69 Å². The molecule has 2 heterocycles. The first-order valence-corrected chi connectivity index (χ1v) is 9.57. The lowest BCUT2D eigenvalue weighted by molar-refractivity contribution is -0.115. The van der Waals surface area contributed by atoms with Gasteiger partial charge in [-0.05, 0) is 43.3 Å². The van der Waals surface area contributed by atoms with Gasteiger partial charge in [-0.3, -0.25) is 9.36 Å². The van der Waals surface area contributed by atoms with Crippen molar-refractivity contribution >= 4 is 23.4 Å². The fourth-order valence-corrected chi connectivity index (χ4v) is 3.63. The largest absolute Gasteiger partial charge is 0.497 e. The van der Waals surface area contributed by atoms with Crippen LogP contribution in [0.4, 0.5) is 5.69 Å². The van der Waals surface area contributed by atoms with Crippen molar-refractivity contribution in [1.29, 1.82) is 0 Å². The summed E-state index contributed by atoms with van der Waals surface area (Å²) >= 11 is 1.39. The van der Waals surface area contributed by atoms with Crippen molar-refractivity contribution < 1.29 is 19.0 Å². The molecule has 1 aliphatic heterocycles. The summed E-state index contributed by atoms with van der Waals surface area (Å²) in [6.45, 7) is 2.05. The second-order valence-electron chi connectivity index (χ2n) is 6.10. The molecule has 1 N–H and O–H groups in total. The van der Waals surface area contributed by atoms with Crippen molar-refractivity contribution in [3.05, 3.63) is 54.9 Å². The first kappa shape index (κ1) is 18.2. The molecule has 0 saturated heterocycles. The minimum atomic E-state index is -0.343. The molecule has 1 unspecified atom stereocenters. The molecule has 28 heavy (non-hydrogen) atoms. The molecule has 1 aliphatic rings. The van der Waals surface area contributed by atoms with Crippen LogP contribution in [0.1, 0.15) is 6.92 Å². The molecule has 7 nitrogen and oxygen atoms in total. The number of thioether (sulfide) groups is 1. The lowest BCUT2D eigenvalue weighted by atomic mass is 10.2. The van der Waals surface area contributed by atoms with Gasteiger partial charge in [-0.1, -0.05) is 11.8 Å². The Morgan fingerprint density at radius 2 is 2.00 bits per heavy atom. The van der Waals surface area contributed by atoms with E-state index in [9.17, 15) is 4.79 Å². The summed E-state index contributed by atoms with van der Waals surface area (Å²) in [6.07, 6.45) is 3.58. The molecule has 0 fully saturated rings. The van der Waals surface area contributed by atoms with E-state index in [1.165, 1.54) is 11.8 Å². The van der Waals surface area contributed by atoms with Crippen LogP contribution in [0.2, 0.25) is 0 Å². The lowest BCUT2D eigenvalue weighted by Gasteiger charge is -2.13. The number of carbonyl (C=O) groups is 1. The van der Waals surface area contributed by atoms with E-state index in [-0.39, 0.29) is 18.0 Å². The molecule has 3 aromatic rings. The molecule has 0 radical (unpaired) electrons. The smallest absolute Gasteiger partial charge is 0.237 e. The molecule has 2 aromatic carbocycles. The SMILES string of the molecule is COc1ccc(-n2ccnc2SC(C)C(=O)Nc2ccc3c(c2)OCO3)cc1. The second-order valence-corrected chi connectivity index (χ2v) is 7.40. The molecule has 0 aliphatic carbocycles. The lowest BCUT2D eigenvalue weighted by Crippen LogP contribution is -2.22. The van der Waals surface area contributed by atoms with Crippen LogP contribution in [0.5, 0.6) is 17.2 Å². The van der Waals surface area contributed by atoms with Crippen molar-refractivity contribution in [3.63, 3.8) is 0 Å². The van der Waals surface area contributed by atoms with Crippen molar-refractivity contribution in [2.45, 2.75) is 17.3 Å². The average molecular weight is 397 g/mol. The standard InChI is InChI=1S/C20H19N3O4S/c1-13(19(24)22-14-3-8-17-18(11-14)27-12-26-17)28-20-21-9-10-23(20)15-4-6-16(25-2)7-5-15/h3-11,13H,12H2,1-2H3,(H,22,24). The van der Waals surface area contributed by atoms with Gasteiger partial charge in [0.15, 0.2) is 16.7 Å². The van der Waals surface area contributed by atoms with E-state index >= 15 is 0 Å². The Morgan fingerprint density at radius 1 is 1.21 bits per heavy atom. The van der Waals surface area contributed by atoms with Gasteiger partial charge in [-0.25, -0.2) is 4.98 Å². The normalized spacial score (nSPS) is 13.2. The van der Waals surface area contributed by atoms with Crippen LogP contribution in [-0.2, 0) is 4.79 Å². The fraction of sp³-hybridized carbons (Fsp3) is 0.200. The van der Waals surface area contributed by atoms with Crippen LogP contribution in [0.3, 0.4) is 0 Å². The van der Waals surface area contributed by atoms with E-state index in [4.69, 9.17) is 14.2 Å². The molecule has 144 valence electrons. The summed E-state index contributed by atoms with van der Waals surface area (Å²) in [5, 5.41) is 3.30. The number of anilines is 1. The number of nitrogens with one attached hydrogen (secondary N) is 1. The Morgan fingerprint density at radius 3 is 2.79 bits per heavy atom. The van der Waals surface area contributed by atoms with E-state index < -0.39 is 0 Å². The minimum absolute atomic E-state index is 0.117. The van der Waals surface area contributed by atoms with Crippen molar-refractivity contribution in [3.8, 4) is 22.9 Å². The maximum atomic E-state index is 12.6. The average Bonchev–Trinajstić information content (AvgIpc) is 3.37. The molecule has 1 amide bonds. The highest BCUT2D eigenvalue weighted by molar-refractivity contribution is 8.00. The van der Waals surface area contributed by atoms with Crippen LogP contribution in [0.15, 0.2) is 60.0 Å². The minimum Gasteiger partial charge on any atom is -0.497 e. The third kappa shape index (κ3) is 3.77. The number of fused-ring (bicyclic) bond motifs is 1. The molecule has 1 aromatic heterocycles. The Labute approximate surface area is 166 Å². The van der Waals surface area contributed by atoms with Gasteiger partial charge in [0.25, 0.3) is 0 Å². The van der Waals surface area contributed by atoms with Crippen LogP contribution in [0, 0.1) is 0 Å². The van der Waals surface area contributed by atoms with Gasteiger partial charge < -0.3 is 19.5 Å². The second kappa shape index (κ2) is 7.85. The summed E-state index contributed by atoms with van der Waals surface area (Å²) in [5.41, 5.74) is 1.62. The monoisotopic (exact) mass is 397 g/mol. The zero-order chi connectivity index (χ0) is 19.5. The predicted molar refractivity (Wildman–Crippen MR) is 107 cm³/mol. The highest BCUT2D eigenvalue weighted by atomic mass is 32.2. The maximum Gasteiger partial charge on any atom is 0.237 e. The number of hydrogen-bond donors (Lipinski definition) is 1. The Balaban J connectivity index is 1.44. The number of rotatable bonds is 6. The van der Waals surface area contributed by atoms with E-state index in [0.717, 1.165) is 16.6 Å². The quantitative estimate of drug-likeness (QED) is 0.639. The van der Waals surface area contributed by atoms with Crippen molar-refractivity contribution in [2.24, 2.45) is 0 Å². The van der Waals surface area contributed by atoms with Crippen LogP contribution in [-0.4, -0.2) is 34.6 Å².